The molecule has 0 aliphatic rings. The second kappa shape index (κ2) is 7.66. The van der Waals surface area contributed by atoms with Crippen LogP contribution in [0.15, 0.2) is 36.5 Å². The van der Waals surface area contributed by atoms with Crippen molar-refractivity contribution in [3.63, 3.8) is 0 Å². The van der Waals surface area contributed by atoms with Crippen LogP contribution in [0.3, 0.4) is 0 Å². The molecule has 6 nitrogen and oxygen atoms in total. The van der Waals surface area contributed by atoms with Crippen LogP contribution in [0.1, 0.15) is 5.56 Å². The van der Waals surface area contributed by atoms with Crippen LogP contribution in [0.5, 0.6) is 0 Å². The summed E-state index contributed by atoms with van der Waals surface area (Å²) in [5.74, 6) is 0.500. The molecule has 0 radical (unpaired) electrons. The molecule has 0 bridgehead atoms. The highest BCUT2D eigenvalue weighted by Gasteiger charge is 2.04. The van der Waals surface area contributed by atoms with Gasteiger partial charge in [-0.2, -0.15) is 5.10 Å². The lowest BCUT2D eigenvalue weighted by atomic mass is 10.2. The zero-order valence-electron chi connectivity index (χ0n) is 11.7. The molecule has 0 aliphatic heterocycles. The van der Waals surface area contributed by atoms with Crippen molar-refractivity contribution in [2.45, 2.75) is 13.1 Å². The van der Waals surface area contributed by atoms with Crippen molar-refractivity contribution < 1.29 is 9.53 Å². The fourth-order valence-corrected chi connectivity index (χ4v) is 1.81. The van der Waals surface area contributed by atoms with E-state index in [0.717, 1.165) is 5.56 Å². The molecule has 7 heteroatoms. The molecular weight excluding hydrogens is 292 g/mol. The summed E-state index contributed by atoms with van der Waals surface area (Å²) < 4.78 is 6.67. The van der Waals surface area contributed by atoms with Crippen molar-refractivity contribution in [3.05, 3.63) is 47.1 Å². The Balaban J connectivity index is 1.78. The van der Waals surface area contributed by atoms with Crippen LogP contribution in [0.2, 0.25) is 5.02 Å². The molecular formula is C14H17ClN4O2. The zero-order chi connectivity index (χ0) is 15.1. The molecule has 0 saturated carbocycles. The summed E-state index contributed by atoms with van der Waals surface area (Å²) in [4.78, 5) is 11.8. The first-order valence-corrected chi connectivity index (χ1v) is 6.87. The fourth-order valence-electron chi connectivity index (χ4n) is 1.68. The highest BCUT2D eigenvalue weighted by molar-refractivity contribution is 6.30. The van der Waals surface area contributed by atoms with Crippen LogP contribution in [0, 0.1) is 0 Å². The third-order valence-corrected chi connectivity index (χ3v) is 3.03. The molecule has 2 N–H and O–H groups in total. The summed E-state index contributed by atoms with van der Waals surface area (Å²) >= 11 is 5.80. The maximum absolute atomic E-state index is 11.8. The maximum Gasteiger partial charge on any atom is 0.320 e. The van der Waals surface area contributed by atoms with E-state index in [2.05, 4.69) is 15.7 Å². The van der Waals surface area contributed by atoms with E-state index in [9.17, 15) is 4.79 Å². The number of carbonyl (C=O) groups excluding carboxylic acids is 1. The van der Waals surface area contributed by atoms with Gasteiger partial charge in [0.05, 0.1) is 13.2 Å². The molecule has 0 atom stereocenters. The molecule has 112 valence electrons. The number of ether oxygens (including phenoxy) is 1. The Hall–Kier alpha value is -2.05. The predicted octanol–water partition coefficient (Wildman–Crippen LogP) is 2.50. The molecule has 0 unspecified atom stereocenters. The largest absolute Gasteiger partial charge is 0.383 e. The number of carbonyl (C=O) groups is 1. The second-order valence-corrected chi connectivity index (χ2v) is 4.83. The number of anilines is 1. The van der Waals surface area contributed by atoms with E-state index in [4.69, 9.17) is 16.3 Å². The molecule has 21 heavy (non-hydrogen) atoms. The number of nitrogens with zero attached hydrogens (tertiary/aromatic N) is 2. The van der Waals surface area contributed by atoms with E-state index < -0.39 is 0 Å². The Bertz CT molecular complexity index is 583. The van der Waals surface area contributed by atoms with Gasteiger partial charge in [0.1, 0.15) is 0 Å². The van der Waals surface area contributed by atoms with E-state index in [1.807, 2.05) is 12.1 Å². The number of rotatable bonds is 6. The van der Waals surface area contributed by atoms with Crippen molar-refractivity contribution in [2.75, 3.05) is 19.0 Å². The van der Waals surface area contributed by atoms with E-state index in [-0.39, 0.29) is 6.03 Å². The molecule has 2 aromatic rings. The molecule has 2 rings (SSSR count). The lowest BCUT2D eigenvalue weighted by Gasteiger charge is -2.06. The number of methoxy groups -OCH3 is 1. The number of benzene rings is 1. The summed E-state index contributed by atoms with van der Waals surface area (Å²) in [6, 6.07) is 8.73. The molecule has 1 aromatic heterocycles. The fraction of sp³-hybridized carbons (Fsp3) is 0.286. The van der Waals surface area contributed by atoms with Gasteiger partial charge in [0, 0.05) is 30.9 Å². The highest BCUT2D eigenvalue weighted by atomic mass is 35.5. The van der Waals surface area contributed by atoms with Crippen LogP contribution in [-0.4, -0.2) is 29.5 Å². The van der Waals surface area contributed by atoms with Crippen LogP contribution in [-0.2, 0) is 17.8 Å². The zero-order valence-corrected chi connectivity index (χ0v) is 12.4. The number of amides is 2. The van der Waals surface area contributed by atoms with Crippen molar-refractivity contribution in [3.8, 4) is 0 Å². The standard InChI is InChI=1S/C14H17ClN4O2/c1-21-9-8-19-7-6-13(18-19)17-14(20)16-10-11-2-4-12(15)5-3-11/h2-7H,8-10H2,1H3,(H2,16,17,18,20). The average Bonchev–Trinajstić information content (AvgIpc) is 2.92. The second-order valence-electron chi connectivity index (χ2n) is 4.39. The van der Waals surface area contributed by atoms with E-state index >= 15 is 0 Å². The molecule has 1 aromatic carbocycles. The number of hydrogen-bond acceptors (Lipinski definition) is 3. The van der Waals surface area contributed by atoms with Crippen LogP contribution < -0.4 is 10.6 Å². The first-order chi connectivity index (χ1) is 10.2. The highest BCUT2D eigenvalue weighted by Crippen LogP contribution is 2.09. The van der Waals surface area contributed by atoms with E-state index in [1.165, 1.54) is 0 Å². The maximum atomic E-state index is 11.8. The summed E-state index contributed by atoms with van der Waals surface area (Å²) in [5, 5.41) is 10.3. The minimum absolute atomic E-state index is 0.304. The predicted molar refractivity (Wildman–Crippen MR) is 81.4 cm³/mol. The number of halogens is 1. The molecule has 1 heterocycles. The minimum Gasteiger partial charge on any atom is -0.383 e. The minimum atomic E-state index is -0.304. The molecule has 2 amide bonds. The summed E-state index contributed by atoms with van der Waals surface area (Å²) in [7, 11) is 1.63. The number of hydrogen-bond donors (Lipinski definition) is 2. The Morgan fingerprint density at radius 1 is 1.33 bits per heavy atom. The van der Waals surface area contributed by atoms with Gasteiger partial charge < -0.3 is 10.1 Å². The quantitative estimate of drug-likeness (QED) is 0.861. The topological polar surface area (TPSA) is 68.2 Å². The normalized spacial score (nSPS) is 10.4. The van der Waals surface area contributed by atoms with Crippen LogP contribution in [0.4, 0.5) is 10.6 Å². The lowest BCUT2D eigenvalue weighted by Crippen LogP contribution is -2.28. The van der Waals surface area contributed by atoms with Gasteiger partial charge in [-0.25, -0.2) is 4.79 Å². The van der Waals surface area contributed by atoms with Crippen molar-refractivity contribution in [1.29, 1.82) is 0 Å². The van der Waals surface area contributed by atoms with E-state index in [1.54, 1.807) is 36.2 Å². The SMILES string of the molecule is COCCn1ccc(NC(=O)NCc2ccc(Cl)cc2)n1. The lowest BCUT2D eigenvalue weighted by molar-refractivity contribution is 0.183. The van der Waals surface area contributed by atoms with Crippen molar-refractivity contribution in [2.24, 2.45) is 0 Å². The van der Waals surface area contributed by atoms with Crippen LogP contribution in [0.25, 0.3) is 0 Å². The van der Waals surface area contributed by atoms with Gasteiger partial charge in [0.2, 0.25) is 0 Å². The Kier molecular flexibility index (Phi) is 5.59. The smallest absolute Gasteiger partial charge is 0.320 e. The first-order valence-electron chi connectivity index (χ1n) is 6.49. The number of urea groups is 1. The van der Waals surface area contributed by atoms with Crippen molar-refractivity contribution in [1.82, 2.24) is 15.1 Å². The summed E-state index contributed by atoms with van der Waals surface area (Å²) in [6.07, 6.45) is 1.79. The molecule has 0 saturated heterocycles. The first kappa shape index (κ1) is 15.3. The van der Waals surface area contributed by atoms with E-state index in [0.29, 0.717) is 30.5 Å². The monoisotopic (exact) mass is 308 g/mol. The number of aromatic nitrogens is 2. The van der Waals surface area contributed by atoms with Crippen molar-refractivity contribution >= 4 is 23.4 Å². The Morgan fingerprint density at radius 2 is 2.10 bits per heavy atom. The summed E-state index contributed by atoms with van der Waals surface area (Å²) in [5.41, 5.74) is 0.972. The number of nitrogens with one attached hydrogen (secondary N) is 2. The van der Waals surface area contributed by atoms with Gasteiger partial charge >= 0.3 is 6.03 Å². The molecule has 0 aliphatic carbocycles. The summed E-state index contributed by atoms with van der Waals surface area (Å²) in [6.45, 7) is 1.64. The third-order valence-electron chi connectivity index (χ3n) is 2.77. The van der Waals surface area contributed by atoms with Gasteiger partial charge in [-0.15, -0.1) is 0 Å². The third kappa shape index (κ3) is 5.09. The van der Waals surface area contributed by atoms with Gasteiger partial charge in [0.25, 0.3) is 0 Å². The Morgan fingerprint density at radius 3 is 2.81 bits per heavy atom. The van der Waals surface area contributed by atoms with Gasteiger partial charge in [-0.05, 0) is 17.7 Å². The van der Waals surface area contributed by atoms with Crippen LogP contribution >= 0.6 is 11.6 Å². The molecule has 0 spiro atoms. The van der Waals surface area contributed by atoms with Gasteiger partial charge in [0.15, 0.2) is 5.82 Å². The molecule has 0 fully saturated rings. The van der Waals surface area contributed by atoms with Gasteiger partial charge in [-0.3, -0.25) is 10.00 Å². The van der Waals surface area contributed by atoms with Gasteiger partial charge in [-0.1, -0.05) is 23.7 Å². The Labute approximate surface area is 128 Å². The average molecular weight is 309 g/mol.